The maximum absolute atomic E-state index is 13.5. The third kappa shape index (κ3) is 4.35. The van der Waals surface area contributed by atoms with Crippen LogP contribution in [-0.4, -0.2) is 32.0 Å². The van der Waals surface area contributed by atoms with Gasteiger partial charge < -0.3 is 10.1 Å². The van der Waals surface area contributed by atoms with Crippen molar-refractivity contribution in [3.05, 3.63) is 59.8 Å². The summed E-state index contributed by atoms with van der Waals surface area (Å²) < 4.78 is 34.9. The molecule has 0 radical (unpaired) electrons. The summed E-state index contributed by atoms with van der Waals surface area (Å²) in [6.45, 7) is 3.73. The second-order valence-corrected chi connectivity index (χ2v) is 11.6. The molecule has 7 nitrogen and oxygen atoms in total. The van der Waals surface area contributed by atoms with Crippen LogP contribution in [0.3, 0.4) is 0 Å². The van der Waals surface area contributed by atoms with Gasteiger partial charge in [0.25, 0.3) is 10.0 Å². The topological polar surface area (TPSA) is 88.6 Å². The van der Waals surface area contributed by atoms with Crippen molar-refractivity contribution in [1.29, 1.82) is 0 Å². The number of nitrogens with one attached hydrogen (secondary N) is 1. The van der Waals surface area contributed by atoms with Gasteiger partial charge in [0.2, 0.25) is 5.91 Å². The molecular formula is C25H27N3O4S2. The number of benzene rings is 2. The number of sulfonamides is 1. The third-order valence-corrected chi connectivity index (χ3v) is 9.27. The average Bonchev–Trinajstić information content (AvgIpc) is 3.15. The lowest BCUT2D eigenvalue weighted by molar-refractivity contribution is -0.114. The highest BCUT2D eigenvalue weighted by Crippen LogP contribution is 2.44. The average molecular weight is 498 g/mol. The van der Waals surface area contributed by atoms with Gasteiger partial charge in [-0.15, -0.1) is 0 Å². The zero-order valence-corrected chi connectivity index (χ0v) is 20.8. The fraction of sp³-hybridized carbons (Fsp3) is 0.360. The molecule has 2 aliphatic rings. The largest absolute Gasteiger partial charge is 0.370 e. The number of carbonyl (C=O) groups excluding carboxylic acids is 1. The van der Waals surface area contributed by atoms with Crippen molar-refractivity contribution >= 4 is 38.1 Å². The molecule has 1 unspecified atom stereocenters. The van der Waals surface area contributed by atoms with E-state index in [4.69, 9.17) is 4.74 Å². The van der Waals surface area contributed by atoms with E-state index in [1.807, 2.05) is 31.2 Å². The van der Waals surface area contributed by atoms with Gasteiger partial charge in [0.05, 0.1) is 33.4 Å². The summed E-state index contributed by atoms with van der Waals surface area (Å²) >= 11 is 1.41. The van der Waals surface area contributed by atoms with Gasteiger partial charge in [-0.3, -0.25) is 9.10 Å². The number of carbonyl (C=O) groups is 1. The maximum atomic E-state index is 13.5. The predicted molar refractivity (Wildman–Crippen MR) is 134 cm³/mol. The molecule has 1 atom stereocenters. The van der Waals surface area contributed by atoms with Gasteiger partial charge in [-0.05, 0) is 62.4 Å². The Morgan fingerprint density at radius 1 is 1.15 bits per heavy atom. The van der Waals surface area contributed by atoms with Crippen molar-refractivity contribution in [1.82, 2.24) is 4.98 Å². The van der Waals surface area contributed by atoms with E-state index in [1.165, 1.54) is 29.0 Å². The lowest BCUT2D eigenvalue weighted by atomic mass is 9.93. The van der Waals surface area contributed by atoms with Crippen LogP contribution in [0, 0.1) is 6.92 Å². The van der Waals surface area contributed by atoms with Crippen LogP contribution in [0.4, 0.5) is 10.8 Å². The Morgan fingerprint density at radius 3 is 2.59 bits per heavy atom. The van der Waals surface area contributed by atoms with Gasteiger partial charge in [0.15, 0.2) is 5.13 Å². The molecule has 0 bridgehead atoms. The van der Waals surface area contributed by atoms with Gasteiger partial charge in [-0.1, -0.05) is 35.6 Å². The first-order chi connectivity index (χ1) is 16.3. The lowest BCUT2D eigenvalue weighted by Crippen LogP contribution is -2.38. The third-order valence-electron chi connectivity index (χ3n) is 6.32. The zero-order valence-electron chi connectivity index (χ0n) is 19.2. The molecule has 2 heterocycles. The molecule has 0 saturated heterocycles. The Balaban J connectivity index is 1.56. The Labute approximate surface area is 203 Å². The molecule has 1 aromatic heterocycles. The molecule has 1 aliphatic carbocycles. The molecular weight excluding hydrogens is 470 g/mol. The molecule has 178 valence electrons. The number of aromatic nitrogens is 1. The van der Waals surface area contributed by atoms with Crippen LogP contribution in [0.2, 0.25) is 0 Å². The van der Waals surface area contributed by atoms with Crippen LogP contribution in [0.15, 0.2) is 53.4 Å². The van der Waals surface area contributed by atoms with Crippen LogP contribution in [0.5, 0.6) is 0 Å². The predicted octanol–water partition coefficient (Wildman–Crippen LogP) is 5.29. The molecule has 3 aromatic rings. The first kappa shape index (κ1) is 23.0. The fourth-order valence-electron chi connectivity index (χ4n) is 4.41. The minimum Gasteiger partial charge on any atom is -0.370 e. The number of fused-ring (bicyclic) bond motifs is 1. The Morgan fingerprint density at radius 2 is 1.91 bits per heavy atom. The minimum absolute atomic E-state index is 0.162. The standard InChI is InChI=1S/C25H27N3O4S2/c1-16-24(33-25(26-16)27-17(2)29)18-11-12-22-21(15-18)23(32-19-7-6-8-19)13-14-28(22)34(30,31)20-9-4-3-5-10-20/h3-5,9-12,15,19,23H,6-8,13-14H2,1-2H3,(H,26,27,29). The number of anilines is 2. The number of hydrogen-bond acceptors (Lipinski definition) is 6. The van der Waals surface area contributed by atoms with Gasteiger partial charge in [0.1, 0.15) is 0 Å². The van der Waals surface area contributed by atoms with E-state index in [2.05, 4.69) is 10.3 Å². The second kappa shape index (κ2) is 9.13. The smallest absolute Gasteiger partial charge is 0.264 e. The van der Waals surface area contributed by atoms with E-state index in [9.17, 15) is 13.2 Å². The summed E-state index contributed by atoms with van der Waals surface area (Å²) in [7, 11) is -3.69. The van der Waals surface area contributed by atoms with Crippen LogP contribution >= 0.6 is 11.3 Å². The van der Waals surface area contributed by atoms with Crippen LogP contribution in [0.25, 0.3) is 10.4 Å². The Kier molecular flexibility index (Phi) is 6.18. The molecule has 1 fully saturated rings. The van der Waals surface area contributed by atoms with Crippen LogP contribution in [-0.2, 0) is 19.6 Å². The van der Waals surface area contributed by atoms with Crippen LogP contribution in [0.1, 0.15) is 50.0 Å². The van der Waals surface area contributed by atoms with Crippen molar-refractivity contribution in [3.63, 3.8) is 0 Å². The van der Waals surface area contributed by atoms with Gasteiger partial charge >= 0.3 is 0 Å². The number of rotatable bonds is 6. The van der Waals surface area contributed by atoms with Gasteiger partial charge in [-0.25, -0.2) is 13.4 Å². The Bertz CT molecular complexity index is 1320. The monoisotopic (exact) mass is 497 g/mol. The number of hydrogen-bond donors (Lipinski definition) is 1. The number of nitrogens with zero attached hydrogens (tertiary/aromatic N) is 2. The van der Waals surface area contributed by atoms with Crippen LogP contribution < -0.4 is 9.62 Å². The summed E-state index contributed by atoms with van der Waals surface area (Å²) in [5.74, 6) is -0.165. The van der Waals surface area contributed by atoms with Crippen molar-refractivity contribution in [2.75, 3.05) is 16.2 Å². The van der Waals surface area contributed by atoms with E-state index in [1.54, 1.807) is 24.3 Å². The van der Waals surface area contributed by atoms with Crippen molar-refractivity contribution in [2.24, 2.45) is 0 Å². The molecule has 1 amide bonds. The zero-order chi connectivity index (χ0) is 23.9. The summed E-state index contributed by atoms with van der Waals surface area (Å²) in [5, 5.41) is 3.30. The van der Waals surface area contributed by atoms with Gasteiger partial charge in [0, 0.05) is 19.0 Å². The summed E-state index contributed by atoms with van der Waals surface area (Å²) in [6.07, 6.45) is 3.93. The van der Waals surface area contributed by atoms with Gasteiger partial charge in [-0.2, -0.15) is 0 Å². The molecule has 0 spiro atoms. The minimum atomic E-state index is -3.69. The molecule has 9 heteroatoms. The van der Waals surface area contributed by atoms with E-state index in [0.717, 1.165) is 34.5 Å². The molecule has 1 aliphatic heterocycles. The normalized spacial score (nSPS) is 18.3. The molecule has 2 aromatic carbocycles. The summed E-state index contributed by atoms with van der Waals surface area (Å²) in [6, 6.07) is 14.4. The van der Waals surface area contributed by atoms with Crippen molar-refractivity contribution in [2.45, 2.75) is 56.6 Å². The quantitative estimate of drug-likeness (QED) is 0.500. The number of thiazole rings is 1. The highest BCUT2D eigenvalue weighted by atomic mass is 32.2. The summed E-state index contributed by atoms with van der Waals surface area (Å²) in [5.41, 5.74) is 3.29. The molecule has 1 saturated carbocycles. The highest BCUT2D eigenvalue weighted by Gasteiger charge is 2.35. The second-order valence-electron chi connectivity index (χ2n) is 8.74. The highest BCUT2D eigenvalue weighted by molar-refractivity contribution is 7.92. The fourth-order valence-corrected chi connectivity index (χ4v) is 6.94. The molecule has 34 heavy (non-hydrogen) atoms. The molecule has 5 rings (SSSR count). The van der Waals surface area contributed by atoms with E-state index in [0.29, 0.717) is 23.8 Å². The first-order valence-electron chi connectivity index (χ1n) is 11.5. The van der Waals surface area contributed by atoms with Crippen molar-refractivity contribution in [3.8, 4) is 10.4 Å². The molecule has 1 N–H and O–H groups in total. The number of aryl methyl sites for hydroxylation is 1. The SMILES string of the molecule is CC(=O)Nc1nc(C)c(-c2ccc3c(c2)C(OC2CCC2)CCN3S(=O)(=O)c2ccccc2)s1. The van der Waals surface area contributed by atoms with E-state index >= 15 is 0 Å². The number of amides is 1. The number of ether oxygens (including phenoxy) is 1. The van der Waals surface area contributed by atoms with E-state index < -0.39 is 10.0 Å². The maximum Gasteiger partial charge on any atom is 0.264 e. The Hall–Kier alpha value is -2.75. The first-order valence-corrected chi connectivity index (χ1v) is 13.7. The van der Waals surface area contributed by atoms with Crippen molar-refractivity contribution < 1.29 is 17.9 Å². The van der Waals surface area contributed by atoms with E-state index in [-0.39, 0.29) is 23.0 Å². The lowest BCUT2D eigenvalue weighted by Gasteiger charge is -2.38. The summed E-state index contributed by atoms with van der Waals surface area (Å²) in [4.78, 5) is 17.2.